The Morgan fingerprint density at radius 3 is 2.50 bits per heavy atom. The average Bonchev–Trinajstić information content (AvgIpc) is 2.64. The van der Waals surface area contributed by atoms with Crippen molar-refractivity contribution >= 4 is 5.97 Å². The molecule has 1 saturated heterocycles. The molecule has 3 nitrogen and oxygen atoms in total. The number of esters is 1. The Kier molecular flexibility index (Phi) is 1.94. The maximum absolute atomic E-state index is 10.7. The highest BCUT2D eigenvalue weighted by molar-refractivity contribution is 5.77. The van der Waals surface area contributed by atoms with Crippen LogP contribution in [0.3, 0.4) is 0 Å². The number of epoxide rings is 1. The Bertz CT molecular complexity index is 142. The number of ether oxygens (including phenoxy) is 2. The van der Waals surface area contributed by atoms with Crippen LogP contribution < -0.4 is 0 Å². The van der Waals surface area contributed by atoms with Crippen molar-refractivity contribution in [3.63, 3.8) is 0 Å². The van der Waals surface area contributed by atoms with Crippen LogP contribution in [0.15, 0.2) is 0 Å². The molecule has 0 saturated carbocycles. The van der Waals surface area contributed by atoms with E-state index in [0.717, 1.165) is 0 Å². The summed E-state index contributed by atoms with van der Waals surface area (Å²) in [5.41, 5.74) is 0. The molecule has 0 spiro atoms. The summed E-state index contributed by atoms with van der Waals surface area (Å²) in [4.78, 5) is 10.7. The number of carbonyl (C=O) groups is 1. The predicted molar refractivity (Wildman–Crippen MR) is 35.5 cm³/mol. The molecule has 1 aliphatic heterocycles. The fourth-order valence-electron chi connectivity index (χ4n) is 0.936. The van der Waals surface area contributed by atoms with Gasteiger partial charge in [0.15, 0.2) is 6.10 Å². The highest BCUT2D eigenvalue weighted by Crippen LogP contribution is 2.29. The van der Waals surface area contributed by atoms with Crippen molar-refractivity contribution in [3.05, 3.63) is 0 Å². The Morgan fingerprint density at radius 2 is 2.20 bits per heavy atom. The van der Waals surface area contributed by atoms with Gasteiger partial charge in [-0.2, -0.15) is 0 Å². The van der Waals surface area contributed by atoms with E-state index in [1.54, 1.807) is 0 Å². The Labute approximate surface area is 60.3 Å². The molecule has 0 aromatic carbocycles. The molecule has 0 amide bonds. The maximum Gasteiger partial charge on any atom is 0.337 e. The Hall–Kier alpha value is -0.570. The molecule has 0 aromatic heterocycles. The van der Waals surface area contributed by atoms with E-state index < -0.39 is 0 Å². The molecule has 1 rings (SSSR count). The lowest BCUT2D eigenvalue weighted by atomic mass is 10.1. The van der Waals surface area contributed by atoms with Crippen LogP contribution in [0, 0.1) is 5.92 Å². The van der Waals surface area contributed by atoms with Crippen LogP contribution >= 0.6 is 0 Å². The third kappa shape index (κ3) is 1.29. The minimum absolute atomic E-state index is 0.0902. The van der Waals surface area contributed by atoms with Crippen LogP contribution in [-0.2, 0) is 14.3 Å². The average molecular weight is 144 g/mol. The first-order valence-corrected chi connectivity index (χ1v) is 3.40. The van der Waals surface area contributed by atoms with Crippen LogP contribution in [0.5, 0.6) is 0 Å². The lowest BCUT2D eigenvalue weighted by Crippen LogP contribution is -2.14. The zero-order valence-corrected chi connectivity index (χ0v) is 6.46. The van der Waals surface area contributed by atoms with E-state index in [1.807, 2.05) is 13.8 Å². The van der Waals surface area contributed by atoms with Gasteiger partial charge in [0.2, 0.25) is 0 Å². The van der Waals surface area contributed by atoms with Gasteiger partial charge in [-0.1, -0.05) is 13.8 Å². The van der Waals surface area contributed by atoms with Crippen LogP contribution in [0.25, 0.3) is 0 Å². The van der Waals surface area contributed by atoms with E-state index in [9.17, 15) is 4.79 Å². The van der Waals surface area contributed by atoms with Crippen molar-refractivity contribution in [1.29, 1.82) is 0 Å². The summed E-state index contributed by atoms with van der Waals surface area (Å²) < 4.78 is 9.55. The highest BCUT2D eigenvalue weighted by atomic mass is 16.6. The molecule has 2 atom stereocenters. The lowest BCUT2D eigenvalue weighted by Gasteiger charge is -1.95. The molecule has 1 aliphatic rings. The summed E-state index contributed by atoms with van der Waals surface area (Å²) in [6.07, 6.45) is -0.197. The molecule has 1 heterocycles. The number of rotatable bonds is 2. The monoisotopic (exact) mass is 144 g/mol. The van der Waals surface area contributed by atoms with E-state index >= 15 is 0 Å². The zero-order valence-electron chi connectivity index (χ0n) is 6.46. The van der Waals surface area contributed by atoms with Crippen molar-refractivity contribution in [3.8, 4) is 0 Å². The maximum atomic E-state index is 10.7. The Morgan fingerprint density at radius 1 is 1.60 bits per heavy atom. The third-order valence-electron chi connectivity index (χ3n) is 1.62. The predicted octanol–water partition coefficient (Wildman–Crippen LogP) is 0.583. The van der Waals surface area contributed by atoms with Crippen molar-refractivity contribution < 1.29 is 14.3 Å². The first-order valence-electron chi connectivity index (χ1n) is 3.40. The molecular formula is C7H12O3. The first-order chi connectivity index (χ1) is 4.66. The summed E-state index contributed by atoms with van der Waals surface area (Å²) in [5, 5.41) is 0. The summed E-state index contributed by atoms with van der Waals surface area (Å²) in [7, 11) is 1.38. The molecular weight excluding hydrogens is 132 g/mol. The van der Waals surface area contributed by atoms with Crippen LogP contribution in [0.1, 0.15) is 13.8 Å². The molecule has 3 heteroatoms. The molecule has 0 aliphatic carbocycles. The van der Waals surface area contributed by atoms with Gasteiger partial charge in [-0.25, -0.2) is 4.79 Å². The minimum atomic E-state index is -0.287. The smallest absolute Gasteiger partial charge is 0.337 e. The second kappa shape index (κ2) is 2.58. The van der Waals surface area contributed by atoms with Crippen molar-refractivity contribution in [1.82, 2.24) is 0 Å². The fourth-order valence-corrected chi connectivity index (χ4v) is 0.936. The van der Waals surface area contributed by atoms with E-state index in [1.165, 1.54) is 7.11 Å². The molecule has 0 unspecified atom stereocenters. The number of carbonyl (C=O) groups excluding carboxylic acids is 1. The normalized spacial score (nSPS) is 30.4. The summed E-state index contributed by atoms with van der Waals surface area (Å²) in [6.45, 7) is 4.04. The highest BCUT2D eigenvalue weighted by Gasteiger charge is 2.47. The van der Waals surface area contributed by atoms with E-state index in [2.05, 4.69) is 4.74 Å². The molecule has 0 radical (unpaired) electrons. The SMILES string of the molecule is COC(=O)[C@H]1O[C@@H]1C(C)C. The van der Waals surface area contributed by atoms with Gasteiger partial charge >= 0.3 is 5.97 Å². The van der Waals surface area contributed by atoms with Crippen LogP contribution in [-0.4, -0.2) is 25.3 Å². The van der Waals surface area contributed by atoms with Gasteiger partial charge in [0.25, 0.3) is 0 Å². The summed E-state index contributed by atoms with van der Waals surface area (Å²) >= 11 is 0. The standard InChI is InChI=1S/C7H12O3/c1-4(2)5-6(10-5)7(8)9-3/h4-6H,1-3H3/t5-,6+/m1/s1. The molecule has 0 aromatic rings. The number of hydrogen-bond donors (Lipinski definition) is 0. The topological polar surface area (TPSA) is 38.8 Å². The van der Waals surface area contributed by atoms with E-state index in [0.29, 0.717) is 5.92 Å². The van der Waals surface area contributed by atoms with E-state index in [4.69, 9.17) is 4.74 Å². The summed E-state index contributed by atoms with van der Waals surface area (Å²) in [5.74, 6) is 0.155. The molecule has 0 N–H and O–H groups in total. The second-order valence-electron chi connectivity index (χ2n) is 2.79. The van der Waals surface area contributed by atoms with Gasteiger partial charge in [0.05, 0.1) is 13.2 Å². The van der Waals surface area contributed by atoms with Gasteiger partial charge in [-0.3, -0.25) is 0 Å². The number of hydrogen-bond acceptors (Lipinski definition) is 3. The summed E-state index contributed by atoms with van der Waals surface area (Å²) in [6, 6.07) is 0. The molecule has 58 valence electrons. The number of methoxy groups -OCH3 is 1. The van der Waals surface area contributed by atoms with Crippen LogP contribution in [0.2, 0.25) is 0 Å². The zero-order chi connectivity index (χ0) is 7.72. The van der Waals surface area contributed by atoms with Gasteiger partial charge in [-0.15, -0.1) is 0 Å². The molecule has 10 heavy (non-hydrogen) atoms. The minimum Gasteiger partial charge on any atom is -0.467 e. The largest absolute Gasteiger partial charge is 0.467 e. The van der Waals surface area contributed by atoms with E-state index in [-0.39, 0.29) is 18.2 Å². The molecule has 0 bridgehead atoms. The van der Waals surface area contributed by atoms with Crippen molar-refractivity contribution in [2.24, 2.45) is 5.92 Å². The van der Waals surface area contributed by atoms with Crippen molar-refractivity contribution in [2.45, 2.75) is 26.1 Å². The third-order valence-corrected chi connectivity index (χ3v) is 1.62. The van der Waals surface area contributed by atoms with Gasteiger partial charge in [0, 0.05) is 0 Å². The fraction of sp³-hybridized carbons (Fsp3) is 0.857. The van der Waals surface area contributed by atoms with Gasteiger partial charge in [0.1, 0.15) is 0 Å². The molecule has 1 fully saturated rings. The van der Waals surface area contributed by atoms with Gasteiger partial charge < -0.3 is 9.47 Å². The lowest BCUT2D eigenvalue weighted by molar-refractivity contribution is -0.142. The Balaban J connectivity index is 2.31. The second-order valence-corrected chi connectivity index (χ2v) is 2.79. The van der Waals surface area contributed by atoms with Crippen LogP contribution in [0.4, 0.5) is 0 Å². The van der Waals surface area contributed by atoms with Gasteiger partial charge in [-0.05, 0) is 5.92 Å². The van der Waals surface area contributed by atoms with Crippen molar-refractivity contribution in [2.75, 3.05) is 7.11 Å². The first kappa shape index (κ1) is 7.54. The quantitative estimate of drug-likeness (QED) is 0.420.